The topological polar surface area (TPSA) is 30.0 Å². The van der Waals surface area contributed by atoms with Crippen molar-refractivity contribution in [2.45, 2.75) is 20.3 Å². The predicted molar refractivity (Wildman–Crippen MR) is 77.5 cm³/mol. The van der Waals surface area contributed by atoms with Crippen LogP contribution in [-0.4, -0.2) is 4.98 Å². The average Bonchev–Trinajstić information content (AvgIpc) is 2.74. The van der Waals surface area contributed by atoms with Gasteiger partial charge in [-0.15, -0.1) is 11.3 Å². The van der Waals surface area contributed by atoms with Gasteiger partial charge in [0.2, 0.25) is 5.43 Å². The lowest BCUT2D eigenvalue weighted by atomic mass is 10.1. The lowest BCUT2D eigenvalue weighted by molar-refractivity contribution is 1.11. The first-order valence-corrected chi connectivity index (χ1v) is 6.84. The summed E-state index contributed by atoms with van der Waals surface area (Å²) in [5, 5.41) is 2.76. The van der Waals surface area contributed by atoms with Crippen molar-refractivity contribution < 1.29 is 0 Å². The Bertz CT molecular complexity index is 805. The van der Waals surface area contributed by atoms with Crippen LogP contribution in [0.3, 0.4) is 0 Å². The summed E-state index contributed by atoms with van der Waals surface area (Å²) in [5.74, 6) is 0. The largest absolute Gasteiger partial charge is 0.287 e. The van der Waals surface area contributed by atoms with E-state index in [9.17, 15) is 4.79 Å². The first-order chi connectivity index (χ1) is 8.69. The van der Waals surface area contributed by atoms with E-state index in [1.165, 1.54) is 5.56 Å². The number of thiazole rings is 1. The second-order valence-electron chi connectivity index (χ2n) is 4.43. The standard InChI is InChI=1S/C15H13NOS/c1-3-13-16-14-12(18-13)7-5-10-8-9(2)4-6-11(10)15(14)17/h4-8H,3H2,1-2H3. The Balaban J connectivity index is 2.51. The maximum atomic E-state index is 12.5. The highest BCUT2D eigenvalue weighted by Gasteiger charge is 2.07. The van der Waals surface area contributed by atoms with Crippen LogP contribution < -0.4 is 5.43 Å². The normalized spacial score (nSPS) is 11.2. The van der Waals surface area contributed by atoms with E-state index in [1.54, 1.807) is 11.3 Å². The van der Waals surface area contributed by atoms with Gasteiger partial charge in [-0.3, -0.25) is 4.79 Å². The van der Waals surface area contributed by atoms with Crippen LogP contribution in [0.2, 0.25) is 0 Å². The molecule has 0 unspecified atom stereocenters. The van der Waals surface area contributed by atoms with Crippen LogP contribution in [0.25, 0.3) is 21.0 Å². The smallest absolute Gasteiger partial charge is 0.213 e. The molecule has 0 N–H and O–H groups in total. The van der Waals surface area contributed by atoms with Gasteiger partial charge in [-0.2, -0.15) is 0 Å². The van der Waals surface area contributed by atoms with Gasteiger partial charge in [0, 0.05) is 5.39 Å². The van der Waals surface area contributed by atoms with Crippen molar-refractivity contribution in [2.24, 2.45) is 0 Å². The molecule has 90 valence electrons. The Kier molecular flexibility index (Phi) is 2.63. The molecule has 1 aromatic heterocycles. The molecule has 18 heavy (non-hydrogen) atoms. The second-order valence-corrected chi connectivity index (χ2v) is 5.54. The zero-order valence-corrected chi connectivity index (χ0v) is 11.2. The number of hydrogen-bond donors (Lipinski definition) is 0. The van der Waals surface area contributed by atoms with Gasteiger partial charge in [-0.05, 0) is 24.8 Å². The summed E-state index contributed by atoms with van der Waals surface area (Å²) in [5.41, 5.74) is 1.82. The fraction of sp³-hybridized carbons (Fsp3) is 0.200. The molecule has 0 aliphatic carbocycles. The summed E-state index contributed by atoms with van der Waals surface area (Å²) in [4.78, 5) is 16.9. The molecule has 0 aliphatic rings. The molecule has 0 radical (unpaired) electrons. The number of aryl methyl sites for hydroxylation is 2. The van der Waals surface area contributed by atoms with Gasteiger partial charge in [-0.1, -0.05) is 36.8 Å². The van der Waals surface area contributed by atoms with Crippen molar-refractivity contribution in [3.05, 3.63) is 51.1 Å². The average molecular weight is 255 g/mol. The fourth-order valence-electron chi connectivity index (χ4n) is 2.12. The summed E-state index contributed by atoms with van der Waals surface area (Å²) < 4.78 is 0.978. The summed E-state index contributed by atoms with van der Waals surface area (Å²) in [6.45, 7) is 4.09. The molecule has 2 nitrogen and oxygen atoms in total. The minimum Gasteiger partial charge on any atom is -0.287 e. The zero-order valence-electron chi connectivity index (χ0n) is 10.4. The predicted octanol–water partition coefficient (Wildman–Crippen LogP) is 3.68. The van der Waals surface area contributed by atoms with Gasteiger partial charge in [-0.25, -0.2) is 4.98 Å². The Labute approximate surface area is 109 Å². The van der Waals surface area contributed by atoms with Crippen molar-refractivity contribution >= 4 is 32.3 Å². The molecule has 0 atom stereocenters. The third-order valence-electron chi connectivity index (χ3n) is 3.08. The van der Waals surface area contributed by atoms with Crippen LogP contribution in [0.1, 0.15) is 17.5 Å². The quantitative estimate of drug-likeness (QED) is 0.664. The number of benzene rings is 1. The molecule has 0 amide bonds. The number of rotatable bonds is 1. The van der Waals surface area contributed by atoms with Crippen molar-refractivity contribution in [3.8, 4) is 0 Å². The van der Waals surface area contributed by atoms with Crippen LogP contribution in [-0.2, 0) is 6.42 Å². The lowest BCUT2D eigenvalue weighted by Crippen LogP contribution is -1.99. The Morgan fingerprint density at radius 1 is 1.22 bits per heavy atom. The molecule has 0 aliphatic heterocycles. The number of nitrogens with zero attached hydrogens (tertiary/aromatic N) is 1. The molecule has 0 fully saturated rings. The van der Waals surface area contributed by atoms with E-state index in [1.807, 2.05) is 37.3 Å². The molecule has 3 heteroatoms. The second kappa shape index (κ2) is 4.18. The molecular weight excluding hydrogens is 242 g/mol. The lowest BCUT2D eigenvalue weighted by Gasteiger charge is -1.93. The Hall–Kier alpha value is -1.74. The molecule has 2 aromatic carbocycles. The van der Waals surface area contributed by atoms with E-state index >= 15 is 0 Å². The van der Waals surface area contributed by atoms with Gasteiger partial charge < -0.3 is 0 Å². The van der Waals surface area contributed by atoms with Crippen LogP contribution in [0, 0.1) is 6.92 Å². The van der Waals surface area contributed by atoms with Crippen LogP contribution in [0.4, 0.5) is 0 Å². The van der Waals surface area contributed by atoms with Crippen molar-refractivity contribution in [1.29, 1.82) is 0 Å². The molecule has 3 rings (SSSR count). The summed E-state index contributed by atoms with van der Waals surface area (Å²) in [6.07, 6.45) is 0.875. The van der Waals surface area contributed by atoms with Gasteiger partial charge in [0.25, 0.3) is 0 Å². The highest BCUT2D eigenvalue weighted by atomic mass is 32.1. The van der Waals surface area contributed by atoms with Gasteiger partial charge in [0.05, 0.1) is 9.71 Å². The van der Waals surface area contributed by atoms with E-state index in [2.05, 4.69) is 11.9 Å². The van der Waals surface area contributed by atoms with Crippen LogP contribution in [0.5, 0.6) is 0 Å². The summed E-state index contributed by atoms with van der Waals surface area (Å²) in [7, 11) is 0. The number of hydrogen-bond acceptors (Lipinski definition) is 3. The summed E-state index contributed by atoms with van der Waals surface area (Å²) in [6, 6.07) is 9.94. The Morgan fingerprint density at radius 2 is 2.06 bits per heavy atom. The Morgan fingerprint density at radius 3 is 2.83 bits per heavy atom. The number of aromatic nitrogens is 1. The van der Waals surface area contributed by atoms with E-state index in [4.69, 9.17) is 0 Å². The highest BCUT2D eigenvalue weighted by Crippen LogP contribution is 2.22. The van der Waals surface area contributed by atoms with Gasteiger partial charge >= 0.3 is 0 Å². The molecule has 1 heterocycles. The van der Waals surface area contributed by atoms with Gasteiger partial charge in [0.15, 0.2) is 0 Å². The monoisotopic (exact) mass is 255 g/mol. The van der Waals surface area contributed by atoms with E-state index in [0.717, 1.165) is 26.9 Å². The van der Waals surface area contributed by atoms with Crippen LogP contribution >= 0.6 is 11.3 Å². The van der Waals surface area contributed by atoms with E-state index in [0.29, 0.717) is 5.52 Å². The van der Waals surface area contributed by atoms with Crippen molar-refractivity contribution in [2.75, 3.05) is 0 Å². The molecule has 0 spiro atoms. The minimum absolute atomic E-state index is 0.0425. The summed E-state index contributed by atoms with van der Waals surface area (Å²) >= 11 is 1.61. The first kappa shape index (κ1) is 11.4. The fourth-order valence-corrected chi connectivity index (χ4v) is 3.03. The molecule has 0 bridgehead atoms. The molecule has 0 saturated carbocycles. The number of fused-ring (bicyclic) bond motifs is 2. The molecule has 3 aromatic rings. The maximum Gasteiger partial charge on any atom is 0.213 e. The maximum absolute atomic E-state index is 12.5. The van der Waals surface area contributed by atoms with Crippen molar-refractivity contribution in [1.82, 2.24) is 4.98 Å². The molecular formula is C15H13NOS. The third-order valence-corrected chi connectivity index (χ3v) is 4.25. The zero-order chi connectivity index (χ0) is 12.7. The first-order valence-electron chi connectivity index (χ1n) is 6.02. The van der Waals surface area contributed by atoms with Crippen molar-refractivity contribution in [3.63, 3.8) is 0 Å². The van der Waals surface area contributed by atoms with E-state index < -0.39 is 0 Å². The van der Waals surface area contributed by atoms with Gasteiger partial charge in [0.1, 0.15) is 5.52 Å². The SMILES string of the molecule is CCc1nc2c(=O)c3ccc(C)cc3ccc2s1. The van der Waals surface area contributed by atoms with E-state index in [-0.39, 0.29) is 5.43 Å². The van der Waals surface area contributed by atoms with Crippen LogP contribution in [0.15, 0.2) is 35.1 Å². The highest BCUT2D eigenvalue weighted by molar-refractivity contribution is 7.18. The third kappa shape index (κ3) is 1.71. The molecule has 0 saturated heterocycles. The minimum atomic E-state index is 0.0425.